The SMILES string of the molecule is CCCn1ccc(C(=O)N2CCCC2c2cncc(CNC(C)=O)n2)n1. The van der Waals surface area contributed by atoms with Crippen LogP contribution >= 0.6 is 0 Å². The van der Waals surface area contributed by atoms with Crippen LogP contribution in [0.25, 0.3) is 0 Å². The smallest absolute Gasteiger partial charge is 0.274 e. The summed E-state index contributed by atoms with van der Waals surface area (Å²) in [6, 6.07) is 1.66. The minimum Gasteiger partial charge on any atom is -0.351 e. The van der Waals surface area contributed by atoms with E-state index in [4.69, 9.17) is 0 Å². The second kappa shape index (κ2) is 8.07. The van der Waals surface area contributed by atoms with Crippen molar-refractivity contribution >= 4 is 11.8 Å². The molecule has 138 valence electrons. The van der Waals surface area contributed by atoms with E-state index in [2.05, 4.69) is 27.3 Å². The molecule has 0 aromatic carbocycles. The first-order chi connectivity index (χ1) is 12.6. The summed E-state index contributed by atoms with van der Waals surface area (Å²) in [5.41, 5.74) is 1.91. The van der Waals surface area contributed by atoms with Crippen molar-refractivity contribution < 1.29 is 9.59 Å². The summed E-state index contributed by atoms with van der Waals surface area (Å²) in [7, 11) is 0. The van der Waals surface area contributed by atoms with Crippen LogP contribution in [0.2, 0.25) is 0 Å². The van der Waals surface area contributed by atoms with Crippen LogP contribution in [0.5, 0.6) is 0 Å². The highest BCUT2D eigenvalue weighted by Crippen LogP contribution is 2.31. The topological polar surface area (TPSA) is 93.0 Å². The molecule has 8 heteroatoms. The Labute approximate surface area is 152 Å². The van der Waals surface area contributed by atoms with Crippen molar-refractivity contribution in [3.8, 4) is 0 Å². The van der Waals surface area contributed by atoms with E-state index in [9.17, 15) is 9.59 Å². The van der Waals surface area contributed by atoms with Crippen molar-refractivity contribution in [1.29, 1.82) is 0 Å². The molecule has 26 heavy (non-hydrogen) atoms. The number of likely N-dealkylation sites (tertiary alicyclic amines) is 1. The lowest BCUT2D eigenvalue weighted by atomic mass is 10.1. The van der Waals surface area contributed by atoms with Gasteiger partial charge in [-0.05, 0) is 25.3 Å². The van der Waals surface area contributed by atoms with Crippen molar-refractivity contribution in [3.05, 3.63) is 41.7 Å². The van der Waals surface area contributed by atoms with E-state index in [0.29, 0.717) is 24.5 Å². The fraction of sp³-hybridized carbons (Fsp3) is 0.500. The van der Waals surface area contributed by atoms with Gasteiger partial charge in [0.05, 0.1) is 36.4 Å². The summed E-state index contributed by atoms with van der Waals surface area (Å²) < 4.78 is 1.80. The van der Waals surface area contributed by atoms with Gasteiger partial charge in [0.25, 0.3) is 5.91 Å². The number of aromatic nitrogens is 4. The van der Waals surface area contributed by atoms with Gasteiger partial charge in [0, 0.05) is 26.2 Å². The van der Waals surface area contributed by atoms with Crippen LogP contribution in [0, 0.1) is 0 Å². The van der Waals surface area contributed by atoms with Gasteiger partial charge in [-0.25, -0.2) is 0 Å². The number of carbonyl (C=O) groups excluding carboxylic acids is 2. The fourth-order valence-corrected chi connectivity index (χ4v) is 3.18. The van der Waals surface area contributed by atoms with Gasteiger partial charge in [0.15, 0.2) is 0 Å². The molecule has 1 aliphatic rings. The Bertz CT molecular complexity index is 787. The molecule has 2 amide bonds. The second-order valence-electron chi connectivity index (χ2n) is 6.47. The zero-order valence-corrected chi connectivity index (χ0v) is 15.2. The third-order valence-electron chi connectivity index (χ3n) is 4.39. The molecule has 1 fully saturated rings. The molecule has 3 heterocycles. The Morgan fingerprint density at radius 3 is 2.96 bits per heavy atom. The van der Waals surface area contributed by atoms with Gasteiger partial charge in [-0.1, -0.05) is 6.92 Å². The summed E-state index contributed by atoms with van der Waals surface area (Å²) >= 11 is 0. The first kappa shape index (κ1) is 18.0. The predicted molar refractivity (Wildman–Crippen MR) is 95.1 cm³/mol. The minimum atomic E-state index is -0.113. The lowest BCUT2D eigenvalue weighted by molar-refractivity contribution is -0.119. The molecule has 0 saturated carbocycles. The number of rotatable bonds is 6. The van der Waals surface area contributed by atoms with Crippen molar-refractivity contribution in [1.82, 2.24) is 30.0 Å². The summed E-state index contributed by atoms with van der Waals surface area (Å²) in [4.78, 5) is 34.6. The van der Waals surface area contributed by atoms with Crippen LogP contribution in [0.4, 0.5) is 0 Å². The van der Waals surface area contributed by atoms with Crippen LogP contribution < -0.4 is 5.32 Å². The number of carbonyl (C=O) groups is 2. The molecule has 2 aromatic heterocycles. The van der Waals surface area contributed by atoms with Gasteiger partial charge in [-0.3, -0.25) is 24.2 Å². The maximum Gasteiger partial charge on any atom is 0.274 e. The predicted octanol–water partition coefficient (Wildman–Crippen LogP) is 1.70. The average Bonchev–Trinajstić information content (AvgIpc) is 3.29. The molecule has 2 aromatic rings. The number of nitrogens with zero attached hydrogens (tertiary/aromatic N) is 5. The van der Waals surface area contributed by atoms with Crippen LogP contribution in [0.3, 0.4) is 0 Å². The summed E-state index contributed by atoms with van der Waals surface area (Å²) in [5.74, 6) is -0.186. The Morgan fingerprint density at radius 1 is 1.35 bits per heavy atom. The third kappa shape index (κ3) is 4.07. The molecular weight excluding hydrogens is 332 g/mol. The molecule has 8 nitrogen and oxygen atoms in total. The summed E-state index contributed by atoms with van der Waals surface area (Å²) in [5, 5.41) is 7.10. The molecule has 1 aliphatic heterocycles. The zero-order valence-electron chi connectivity index (χ0n) is 15.2. The van der Waals surface area contributed by atoms with E-state index in [1.54, 1.807) is 23.1 Å². The van der Waals surface area contributed by atoms with Gasteiger partial charge in [0.1, 0.15) is 5.69 Å². The third-order valence-corrected chi connectivity index (χ3v) is 4.39. The first-order valence-corrected chi connectivity index (χ1v) is 8.98. The summed E-state index contributed by atoms with van der Waals surface area (Å²) in [6.07, 6.45) is 7.91. The zero-order chi connectivity index (χ0) is 18.5. The van der Waals surface area contributed by atoms with Crippen LogP contribution in [-0.4, -0.2) is 43.0 Å². The first-order valence-electron chi connectivity index (χ1n) is 8.98. The van der Waals surface area contributed by atoms with E-state index >= 15 is 0 Å². The number of hydrogen-bond acceptors (Lipinski definition) is 5. The van der Waals surface area contributed by atoms with Crippen LogP contribution in [0.15, 0.2) is 24.7 Å². The Balaban J connectivity index is 1.76. The molecule has 1 saturated heterocycles. The molecular formula is C18H24N6O2. The quantitative estimate of drug-likeness (QED) is 0.850. The van der Waals surface area contributed by atoms with E-state index in [1.807, 2.05) is 11.1 Å². The highest BCUT2D eigenvalue weighted by Gasteiger charge is 2.32. The van der Waals surface area contributed by atoms with Gasteiger partial charge < -0.3 is 10.2 Å². The van der Waals surface area contributed by atoms with Gasteiger partial charge in [-0.2, -0.15) is 5.10 Å². The van der Waals surface area contributed by atoms with Gasteiger partial charge in [-0.15, -0.1) is 0 Å². The lowest BCUT2D eigenvalue weighted by Gasteiger charge is -2.23. The van der Waals surface area contributed by atoms with Crippen molar-refractivity contribution in [3.63, 3.8) is 0 Å². The van der Waals surface area contributed by atoms with Crippen LogP contribution in [-0.2, 0) is 17.9 Å². The number of nitrogens with one attached hydrogen (secondary N) is 1. The maximum atomic E-state index is 12.9. The fourth-order valence-electron chi connectivity index (χ4n) is 3.18. The highest BCUT2D eigenvalue weighted by molar-refractivity contribution is 5.92. The number of amides is 2. The Morgan fingerprint density at radius 2 is 2.19 bits per heavy atom. The van der Waals surface area contributed by atoms with Gasteiger partial charge in [0.2, 0.25) is 5.91 Å². The lowest BCUT2D eigenvalue weighted by Crippen LogP contribution is -2.31. The Hall–Kier alpha value is -2.77. The number of aryl methyl sites for hydroxylation is 1. The van der Waals surface area contributed by atoms with E-state index < -0.39 is 0 Å². The van der Waals surface area contributed by atoms with E-state index in [0.717, 1.165) is 31.5 Å². The molecule has 0 bridgehead atoms. The van der Waals surface area contributed by atoms with Gasteiger partial charge >= 0.3 is 0 Å². The van der Waals surface area contributed by atoms with Crippen LogP contribution in [0.1, 0.15) is 61.0 Å². The molecule has 3 rings (SSSR count). The largest absolute Gasteiger partial charge is 0.351 e. The maximum absolute atomic E-state index is 12.9. The molecule has 1 N–H and O–H groups in total. The van der Waals surface area contributed by atoms with Crippen molar-refractivity contribution in [2.45, 2.75) is 52.2 Å². The van der Waals surface area contributed by atoms with E-state index in [-0.39, 0.29) is 17.9 Å². The number of hydrogen-bond donors (Lipinski definition) is 1. The monoisotopic (exact) mass is 356 g/mol. The van der Waals surface area contributed by atoms with Crippen molar-refractivity contribution in [2.24, 2.45) is 0 Å². The van der Waals surface area contributed by atoms with Crippen molar-refractivity contribution in [2.75, 3.05) is 6.54 Å². The molecule has 0 aliphatic carbocycles. The standard InChI is InChI=1S/C18H24N6O2/c1-3-7-23-9-6-15(22-23)18(26)24-8-4-5-17(24)16-12-19-10-14(21-16)11-20-13(2)25/h6,9-10,12,17H,3-5,7-8,11H2,1-2H3,(H,20,25). The Kier molecular flexibility index (Phi) is 5.60. The second-order valence-corrected chi connectivity index (χ2v) is 6.47. The molecule has 1 unspecified atom stereocenters. The normalized spacial score (nSPS) is 16.7. The molecule has 0 radical (unpaired) electrons. The average molecular weight is 356 g/mol. The minimum absolute atomic E-state index is 0.0728. The van der Waals surface area contributed by atoms with E-state index in [1.165, 1.54) is 6.92 Å². The molecule has 0 spiro atoms. The highest BCUT2D eigenvalue weighted by atomic mass is 16.2. The summed E-state index contributed by atoms with van der Waals surface area (Å²) in [6.45, 7) is 5.35. The molecule has 1 atom stereocenters.